The van der Waals surface area contributed by atoms with Crippen LogP contribution in [0.15, 0.2) is 0 Å². The molecule has 0 aromatic heterocycles. The number of thioether (sulfide) groups is 1. The summed E-state index contributed by atoms with van der Waals surface area (Å²) < 4.78 is 0. The molecule has 1 saturated heterocycles. The SMILES string of the molecule is CC1CCCC(NC(=O)C[C@@H]2SC(=[NH2+])NC2=O)C1. The monoisotopic (exact) mass is 270 g/mol. The lowest BCUT2D eigenvalue weighted by atomic mass is 9.87. The van der Waals surface area contributed by atoms with Crippen molar-refractivity contribution in [2.75, 3.05) is 0 Å². The Kier molecular flexibility index (Phi) is 4.27. The van der Waals surface area contributed by atoms with E-state index >= 15 is 0 Å². The Morgan fingerprint density at radius 1 is 1.56 bits per heavy atom. The standard InChI is InChI=1S/C12H19N3O2S/c1-7-3-2-4-8(5-7)14-10(16)6-9-11(17)15-12(13)18-9/h7-9H,2-6H2,1H3,(H,14,16)(H2,13,15,17)/p+1/t7?,8?,9-/m0/s1. The maximum atomic E-state index is 11.9. The summed E-state index contributed by atoms with van der Waals surface area (Å²) in [5.74, 6) is 0.471. The molecule has 18 heavy (non-hydrogen) atoms. The van der Waals surface area contributed by atoms with Crippen LogP contribution < -0.4 is 16.0 Å². The van der Waals surface area contributed by atoms with Gasteiger partial charge in [0.2, 0.25) is 5.91 Å². The highest BCUT2D eigenvalue weighted by molar-refractivity contribution is 8.15. The van der Waals surface area contributed by atoms with Crippen LogP contribution in [0.5, 0.6) is 0 Å². The Morgan fingerprint density at radius 2 is 2.33 bits per heavy atom. The summed E-state index contributed by atoms with van der Waals surface area (Å²) in [6.07, 6.45) is 4.73. The van der Waals surface area contributed by atoms with E-state index in [-0.39, 0.29) is 29.5 Å². The minimum Gasteiger partial charge on any atom is -0.353 e. The van der Waals surface area contributed by atoms with Crippen LogP contribution in [0.4, 0.5) is 0 Å². The van der Waals surface area contributed by atoms with Crippen molar-refractivity contribution in [2.24, 2.45) is 5.92 Å². The van der Waals surface area contributed by atoms with E-state index in [0.717, 1.165) is 12.8 Å². The Bertz CT molecular complexity index is 372. The minimum absolute atomic E-state index is 0.0450. The van der Waals surface area contributed by atoms with Gasteiger partial charge in [-0.05, 0) is 30.5 Å². The summed E-state index contributed by atoms with van der Waals surface area (Å²) in [6.45, 7) is 2.22. The first-order chi connectivity index (χ1) is 8.54. The highest BCUT2D eigenvalue weighted by atomic mass is 32.2. The molecular formula is C12H20N3O2S+. The van der Waals surface area contributed by atoms with Gasteiger partial charge in [0.1, 0.15) is 5.25 Å². The van der Waals surface area contributed by atoms with Gasteiger partial charge in [-0.1, -0.05) is 19.8 Å². The quantitative estimate of drug-likeness (QED) is 0.641. The molecule has 0 aromatic carbocycles. The maximum absolute atomic E-state index is 11.9. The molecule has 0 radical (unpaired) electrons. The second kappa shape index (κ2) is 5.73. The van der Waals surface area contributed by atoms with Gasteiger partial charge in [0.15, 0.2) is 0 Å². The lowest BCUT2D eigenvalue weighted by molar-refractivity contribution is -0.128. The molecule has 1 aliphatic carbocycles. The van der Waals surface area contributed by atoms with Gasteiger partial charge in [-0.2, -0.15) is 0 Å². The molecule has 2 fully saturated rings. The molecule has 0 spiro atoms. The molecule has 2 aliphatic rings. The van der Waals surface area contributed by atoms with E-state index in [1.807, 2.05) is 0 Å². The lowest BCUT2D eigenvalue weighted by Gasteiger charge is -2.27. The van der Waals surface area contributed by atoms with E-state index in [2.05, 4.69) is 17.6 Å². The Hall–Kier alpha value is -1.04. The fourth-order valence-corrected chi connectivity index (χ4v) is 3.46. The highest BCUT2D eigenvalue weighted by Crippen LogP contribution is 2.24. The van der Waals surface area contributed by atoms with Crippen molar-refractivity contribution in [3.63, 3.8) is 0 Å². The summed E-state index contributed by atoms with van der Waals surface area (Å²) in [4.78, 5) is 23.3. The van der Waals surface area contributed by atoms with Crippen LogP contribution in [-0.2, 0) is 9.59 Å². The molecule has 100 valence electrons. The number of amidine groups is 1. The van der Waals surface area contributed by atoms with Gasteiger partial charge in [0.05, 0.1) is 6.42 Å². The summed E-state index contributed by atoms with van der Waals surface area (Å²) in [5, 5.41) is 11.1. The van der Waals surface area contributed by atoms with Gasteiger partial charge in [-0.15, -0.1) is 0 Å². The maximum Gasteiger partial charge on any atom is 0.322 e. The first-order valence-electron chi connectivity index (χ1n) is 6.44. The topological polar surface area (TPSA) is 83.8 Å². The molecule has 0 bridgehead atoms. The first kappa shape index (κ1) is 13.4. The van der Waals surface area contributed by atoms with Gasteiger partial charge in [0, 0.05) is 6.04 Å². The summed E-state index contributed by atoms with van der Waals surface area (Å²) in [7, 11) is 0. The largest absolute Gasteiger partial charge is 0.353 e. The van der Waals surface area contributed by atoms with Gasteiger partial charge in [-0.3, -0.25) is 10.2 Å². The fraction of sp³-hybridized carbons (Fsp3) is 0.750. The second-order valence-electron chi connectivity index (χ2n) is 5.20. The molecule has 6 heteroatoms. The minimum atomic E-state index is -0.369. The summed E-state index contributed by atoms with van der Waals surface area (Å²) in [6, 6.07) is 0.275. The van der Waals surface area contributed by atoms with E-state index in [0.29, 0.717) is 11.1 Å². The first-order valence-corrected chi connectivity index (χ1v) is 7.32. The zero-order chi connectivity index (χ0) is 13.1. The second-order valence-corrected chi connectivity index (χ2v) is 6.44. The zero-order valence-electron chi connectivity index (χ0n) is 10.6. The third-order valence-electron chi connectivity index (χ3n) is 3.48. The van der Waals surface area contributed by atoms with Crippen LogP contribution in [0, 0.1) is 5.92 Å². The molecule has 2 amide bonds. The van der Waals surface area contributed by atoms with E-state index in [1.54, 1.807) is 0 Å². The number of nitrogens with two attached hydrogens (primary N) is 1. The third-order valence-corrected chi connectivity index (χ3v) is 4.50. The van der Waals surface area contributed by atoms with Crippen molar-refractivity contribution in [1.29, 1.82) is 0 Å². The molecule has 1 saturated carbocycles. The van der Waals surface area contributed by atoms with Gasteiger partial charge >= 0.3 is 11.1 Å². The number of hydrogen-bond donors (Lipinski definition) is 3. The van der Waals surface area contributed by atoms with Crippen LogP contribution in [0.1, 0.15) is 39.0 Å². The number of carbonyl (C=O) groups is 2. The number of carbonyl (C=O) groups excluding carboxylic acids is 2. The van der Waals surface area contributed by atoms with E-state index in [9.17, 15) is 9.59 Å². The molecule has 5 nitrogen and oxygen atoms in total. The number of rotatable bonds is 3. The van der Waals surface area contributed by atoms with E-state index < -0.39 is 0 Å². The summed E-state index contributed by atoms with van der Waals surface area (Å²) in [5.41, 5.74) is 0. The fourth-order valence-electron chi connectivity index (χ4n) is 2.59. The third kappa shape index (κ3) is 3.48. The van der Waals surface area contributed by atoms with Crippen LogP contribution in [0.25, 0.3) is 0 Å². The van der Waals surface area contributed by atoms with Crippen LogP contribution in [-0.4, -0.2) is 28.3 Å². The average Bonchev–Trinajstić information content (AvgIpc) is 2.57. The average molecular weight is 270 g/mol. The lowest BCUT2D eigenvalue weighted by Crippen LogP contribution is -2.45. The molecule has 0 aromatic rings. The Labute approximate surface area is 111 Å². The van der Waals surface area contributed by atoms with Crippen molar-refractivity contribution < 1.29 is 15.0 Å². The smallest absolute Gasteiger partial charge is 0.322 e. The van der Waals surface area contributed by atoms with E-state index in [4.69, 9.17) is 5.41 Å². The predicted molar refractivity (Wildman–Crippen MR) is 70.6 cm³/mol. The van der Waals surface area contributed by atoms with Gasteiger partial charge in [-0.25, -0.2) is 10.1 Å². The van der Waals surface area contributed by atoms with Crippen molar-refractivity contribution in [3.8, 4) is 0 Å². The van der Waals surface area contributed by atoms with Gasteiger partial charge in [0.25, 0.3) is 0 Å². The molecule has 3 atom stereocenters. The number of amides is 2. The normalized spacial score (nSPS) is 32.2. The Morgan fingerprint density at radius 3 is 2.94 bits per heavy atom. The van der Waals surface area contributed by atoms with Gasteiger partial charge < -0.3 is 5.32 Å². The van der Waals surface area contributed by atoms with Crippen molar-refractivity contribution in [1.82, 2.24) is 10.6 Å². The molecule has 2 unspecified atom stereocenters. The highest BCUT2D eigenvalue weighted by Gasteiger charge is 2.37. The Balaban J connectivity index is 1.78. The molecule has 1 heterocycles. The number of nitrogens with one attached hydrogen (secondary N) is 2. The zero-order valence-corrected chi connectivity index (χ0v) is 11.4. The predicted octanol–water partition coefficient (Wildman–Crippen LogP) is -0.582. The molecular weight excluding hydrogens is 250 g/mol. The number of hydrogen-bond acceptors (Lipinski definition) is 3. The van der Waals surface area contributed by atoms with Crippen molar-refractivity contribution in [3.05, 3.63) is 0 Å². The van der Waals surface area contributed by atoms with Crippen LogP contribution >= 0.6 is 11.8 Å². The van der Waals surface area contributed by atoms with Crippen molar-refractivity contribution in [2.45, 2.75) is 50.3 Å². The molecule has 1 aliphatic heterocycles. The van der Waals surface area contributed by atoms with E-state index in [1.165, 1.54) is 24.6 Å². The van der Waals surface area contributed by atoms with Crippen LogP contribution in [0.2, 0.25) is 0 Å². The summed E-state index contributed by atoms with van der Waals surface area (Å²) >= 11 is 1.24. The van der Waals surface area contributed by atoms with Crippen LogP contribution in [0.3, 0.4) is 0 Å². The van der Waals surface area contributed by atoms with Crippen molar-refractivity contribution >= 4 is 28.7 Å². The molecule has 4 N–H and O–H groups in total. The molecule has 2 rings (SSSR count).